The van der Waals surface area contributed by atoms with Crippen LogP contribution in [0, 0.1) is 0 Å². The summed E-state index contributed by atoms with van der Waals surface area (Å²) in [7, 11) is 3.25. The van der Waals surface area contributed by atoms with Gasteiger partial charge in [-0.1, -0.05) is 18.2 Å². The second kappa shape index (κ2) is 5.48. The maximum Gasteiger partial charge on any atom is 0.337 e. The fourth-order valence-electron chi connectivity index (χ4n) is 1.14. The standard InChI is InChI=1S/C9H6O2S.C2H6O/c10-9(11)7-5-12-8-4-2-1-3-6(7)8;1-3-2/h1-5H,(H,10,11);1-2H3. The number of carboxylic acid groups (broad SMARTS) is 1. The fraction of sp³-hybridized carbons (Fsp3) is 0.182. The highest BCUT2D eigenvalue weighted by molar-refractivity contribution is 7.17. The van der Waals surface area contributed by atoms with E-state index in [2.05, 4.69) is 4.74 Å². The minimum Gasteiger partial charge on any atom is -0.478 e. The maximum atomic E-state index is 10.7. The summed E-state index contributed by atoms with van der Waals surface area (Å²) in [5.74, 6) is -0.854. The second-order valence-corrected chi connectivity index (χ2v) is 3.77. The van der Waals surface area contributed by atoms with E-state index in [1.165, 1.54) is 11.3 Å². The van der Waals surface area contributed by atoms with Crippen molar-refractivity contribution < 1.29 is 14.6 Å². The lowest BCUT2D eigenvalue weighted by atomic mass is 10.2. The molecule has 1 aromatic carbocycles. The molecule has 1 N–H and O–H groups in total. The number of carbonyl (C=O) groups is 1. The van der Waals surface area contributed by atoms with Gasteiger partial charge >= 0.3 is 5.97 Å². The van der Waals surface area contributed by atoms with Crippen molar-refractivity contribution in [3.63, 3.8) is 0 Å². The van der Waals surface area contributed by atoms with Crippen molar-refractivity contribution in [1.82, 2.24) is 0 Å². The van der Waals surface area contributed by atoms with Crippen LogP contribution in [0.15, 0.2) is 29.6 Å². The van der Waals surface area contributed by atoms with Crippen LogP contribution in [0.25, 0.3) is 10.1 Å². The normalized spacial score (nSPS) is 9.47. The van der Waals surface area contributed by atoms with Gasteiger partial charge in [0.2, 0.25) is 0 Å². The molecule has 0 amide bonds. The highest BCUT2D eigenvalue weighted by Gasteiger charge is 2.08. The number of ether oxygens (including phenoxy) is 1. The molecule has 1 heterocycles. The number of carboxylic acids is 1. The predicted molar refractivity (Wildman–Crippen MR) is 61.7 cm³/mol. The number of hydrogen-bond donors (Lipinski definition) is 1. The molecule has 3 nitrogen and oxygen atoms in total. The molecular formula is C11H12O3S. The van der Waals surface area contributed by atoms with Gasteiger partial charge in [0.25, 0.3) is 0 Å². The summed E-state index contributed by atoms with van der Waals surface area (Å²) < 4.78 is 5.27. The molecular weight excluding hydrogens is 212 g/mol. The summed E-state index contributed by atoms with van der Waals surface area (Å²) in [5.41, 5.74) is 0.399. The van der Waals surface area contributed by atoms with Crippen LogP contribution < -0.4 is 0 Å². The Morgan fingerprint density at radius 2 is 1.93 bits per heavy atom. The van der Waals surface area contributed by atoms with Crippen molar-refractivity contribution in [2.75, 3.05) is 14.2 Å². The molecule has 0 bridgehead atoms. The molecule has 2 rings (SSSR count). The molecule has 15 heavy (non-hydrogen) atoms. The summed E-state index contributed by atoms with van der Waals surface area (Å²) in [6.45, 7) is 0. The highest BCUT2D eigenvalue weighted by Crippen LogP contribution is 2.25. The van der Waals surface area contributed by atoms with Crippen molar-refractivity contribution >= 4 is 27.4 Å². The number of rotatable bonds is 1. The van der Waals surface area contributed by atoms with E-state index in [1.54, 1.807) is 19.6 Å². The molecule has 0 aliphatic rings. The Labute approximate surface area is 91.9 Å². The predicted octanol–water partition coefficient (Wildman–Crippen LogP) is 2.86. The number of methoxy groups -OCH3 is 1. The maximum absolute atomic E-state index is 10.7. The van der Waals surface area contributed by atoms with Gasteiger partial charge < -0.3 is 9.84 Å². The van der Waals surface area contributed by atoms with Gasteiger partial charge in [0.15, 0.2) is 0 Å². The monoisotopic (exact) mass is 224 g/mol. The lowest BCUT2D eigenvalue weighted by molar-refractivity contribution is 0.0699. The topological polar surface area (TPSA) is 46.5 Å². The van der Waals surface area contributed by atoms with Crippen molar-refractivity contribution in [2.24, 2.45) is 0 Å². The molecule has 2 aromatic rings. The van der Waals surface area contributed by atoms with E-state index in [0.717, 1.165) is 10.1 Å². The Hall–Kier alpha value is -1.39. The van der Waals surface area contributed by atoms with Crippen molar-refractivity contribution in [2.45, 2.75) is 0 Å². The molecule has 0 unspecified atom stereocenters. The molecule has 4 heteroatoms. The van der Waals surface area contributed by atoms with Gasteiger partial charge in [0.05, 0.1) is 5.56 Å². The Balaban J connectivity index is 0.000000337. The minimum atomic E-state index is -0.854. The van der Waals surface area contributed by atoms with Crippen LogP contribution in [0.4, 0.5) is 0 Å². The van der Waals surface area contributed by atoms with Gasteiger partial charge in [0, 0.05) is 29.7 Å². The average molecular weight is 224 g/mol. The van der Waals surface area contributed by atoms with Crippen molar-refractivity contribution in [1.29, 1.82) is 0 Å². The van der Waals surface area contributed by atoms with Gasteiger partial charge in [-0.05, 0) is 6.07 Å². The number of benzene rings is 1. The SMILES string of the molecule is COC.O=C(O)c1csc2ccccc12. The third-order valence-corrected chi connectivity index (χ3v) is 2.67. The number of hydrogen-bond acceptors (Lipinski definition) is 3. The van der Waals surface area contributed by atoms with Gasteiger partial charge in [-0.2, -0.15) is 0 Å². The van der Waals surface area contributed by atoms with Crippen LogP contribution in [-0.4, -0.2) is 25.3 Å². The van der Waals surface area contributed by atoms with Gasteiger partial charge in [-0.3, -0.25) is 0 Å². The summed E-state index contributed by atoms with van der Waals surface area (Å²) in [6, 6.07) is 7.51. The molecule has 0 aliphatic carbocycles. The molecule has 80 valence electrons. The molecule has 0 saturated heterocycles. The summed E-state index contributed by atoms with van der Waals surface area (Å²) in [5, 5.41) is 11.3. The quantitative estimate of drug-likeness (QED) is 0.810. The van der Waals surface area contributed by atoms with Gasteiger partial charge in [-0.25, -0.2) is 4.79 Å². The highest BCUT2D eigenvalue weighted by atomic mass is 32.1. The van der Waals surface area contributed by atoms with Crippen LogP contribution in [0.5, 0.6) is 0 Å². The molecule has 0 atom stereocenters. The third kappa shape index (κ3) is 2.78. The van der Waals surface area contributed by atoms with Gasteiger partial charge in [-0.15, -0.1) is 11.3 Å². The van der Waals surface area contributed by atoms with E-state index < -0.39 is 5.97 Å². The van der Waals surface area contributed by atoms with Crippen molar-refractivity contribution in [3.05, 3.63) is 35.2 Å². The first kappa shape index (κ1) is 11.7. The van der Waals surface area contributed by atoms with Crippen molar-refractivity contribution in [3.8, 4) is 0 Å². The Morgan fingerprint density at radius 3 is 2.53 bits per heavy atom. The molecule has 0 radical (unpaired) electrons. The van der Waals surface area contributed by atoms with E-state index in [-0.39, 0.29) is 0 Å². The zero-order valence-electron chi connectivity index (χ0n) is 8.56. The number of fused-ring (bicyclic) bond motifs is 1. The largest absolute Gasteiger partial charge is 0.478 e. The van der Waals surface area contributed by atoms with Crippen LogP contribution in [0.2, 0.25) is 0 Å². The minimum absolute atomic E-state index is 0.399. The first-order valence-electron chi connectivity index (χ1n) is 4.30. The first-order valence-corrected chi connectivity index (χ1v) is 5.18. The lowest BCUT2D eigenvalue weighted by Crippen LogP contribution is -1.92. The van der Waals surface area contributed by atoms with E-state index >= 15 is 0 Å². The van der Waals surface area contributed by atoms with Crippen LogP contribution in [0.1, 0.15) is 10.4 Å². The fourth-order valence-corrected chi connectivity index (χ4v) is 2.08. The first-order chi connectivity index (χ1) is 7.20. The summed E-state index contributed by atoms with van der Waals surface area (Å²) >= 11 is 1.46. The number of aromatic carboxylic acids is 1. The summed E-state index contributed by atoms with van der Waals surface area (Å²) in [6.07, 6.45) is 0. The van der Waals surface area contributed by atoms with E-state index in [1.807, 2.05) is 24.3 Å². The summed E-state index contributed by atoms with van der Waals surface area (Å²) in [4.78, 5) is 10.7. The van der Waals surface area contributed by atoms with E-state index in [9.17, 15) is 4.79 Å². The smallest absolute Gasteiger partial charge is 0.337 e. The Kier molecular flexibility index (Phi) is 4.27. The molecule has 0 fully saturated rings. The van der Waals surface area contributed by atoms with E-state index in [0.29, 0.717) is 5.56 Å². The van der Waals surface area contributed by atoms with Crippen LogP contribution >= 0.6 is 11.3 Å². The molecule has 0 aliphatic heterocycles. The zero-order valence-corrected chi connectivity index (χ0v) is 9.38. The zero-order chi connectivity index (χ0) is 11.3. The van der Waals surface area contributed by atoms with Crippen LogP contribution in [0.3, 0.4) is 0 Å². The molecule has 1 aromatic heterocycles. The Morgan fingerprint density at radius 1 is 1.33 bits per heavy atom. The molecule has 0 spiro atoms. The third-order valence-electron chi connectivity index (χ3n) is 1.71. The van der Waals surface area contributed by atoms with E-state index in [4.69, 9.17) is 5.11 Å². The second-order valence-electron chi connectivity index (χ2n) is 2.86. The molecule has 0 saturated carbocycles. The van der Waals surface area contributed by atoms with Gasteiger partial charge in [0.1, 0.15) is 0 Å². The van der Waals surface area contributed by atoms with Crippen LogP contribution in [-0.2, 0) is 4.74 Å². The lowest BCUT2D eigenvalue weighted by Gasteiger charge is -1.89. The Bertz CT molecular complexity index is 448. The average Bonchev–Trinajstić information content (AvgIpc) is 2.62. The number of thiophene rings is 1.